The highest BCUT2D eigenvalue weighted by atomic mass is 32.1. The number of nitrogens with two attached hydrogens (primary N) is 2. The van der Waals surface area contributed by atoms with Gasteiger partial charge in [0.05, 0.1) is 6.04 Å². The molecule has 0 spiro atoms. The van der Waals surface area contributed by atoms with Gasteiger partial charge in [-0.1, -0.05) is 32.4 Å². The highest BCUT2D eigenvalue weighted by Crippen LogP contribution is 2.12. The third kappa shape index (κ3) is 10.4. The first kappa shape index (κ1) is 31.2. The molecule has 3 amide bonds. The highest BCUT2D eigenvalue weighted by molar-refractivity contribution is 7.80. The molecule has 0 radical (unpaired) electrons. The molecule has 0 aromatic heterocycles. The summed E-state index contributed by atoms with van der Waals surface area (Å²) in [6.07, 6.45) is 2.10. The fourth-order valence-corrected chi connectivity index (χ4v) is 3.68. The molecule has 202 valence electrons. The minimum atomic E-state index is -1.17. The van der Waals surface area contributed by atoms with Crippen LogP contribution in [-0.4, -0.2) is 70.4 Å². The standard InChI is InChI=1S/C24H39N5O6S/c1-3-14(2)20(23(33)27-18(24(34)35)6-4-5-11-25)29-22(32)19(13-36)28-21(31)17(26)12-15-7-9-16(30)10-8-15/h7-10,14,17-20,30,36H,3-6,11-13,25-26H2,1-2H3,(H,27,33)(H,28,31)(H,29,32)(H,34,35). The van der Waals surface area contributed by atoms with Crippen LogP contribution in [0.4, 0.5) is 0 Å². The molecule has 0 bridgehead atoms. The minimum Gasteiger partial charge on any atom is -0.508 e. The van der Waals surface area contributed by atoms with Crippen molar-refractivity contribution in [2.24, 2.45) is 17.4 Å². The molecule has 0 saturated carbocycles. The van der Waals surface area contributed by atoms with Gasteiger partial charge >= 0.3 is 5.97 Å². The second kappa shape index (κ2) is 16.0. The number of rotatable bonds is 16. The summed E-state index contributed by atoms with van der Waals surface area (Å²) in [6.45, 7) is 4.02. The van der Waals surface area contributed by atoms with Gasteiger partial charge in [-0.3, -0.25) is 14.4 Å². The van der Waals surface area contributed by atoms with Crippen molar-refractivity contribution >= 4 is 36.3 Å². The predicted octanol–water partition coefficient (Wildman–Crippen LogP) is -0.0941. The number of benzene rings is 1. The van der Waals surface area contributed by atoms with Gasteiger partial charge in [0.25, 0.3) is 0 Å². The summed E-state index contributed by atoms with van der Waals surface area (Å²) in [5.74, 6) is -3.26. The van der Waals surface area contributed by atoms with Crippen molar-refractivity contribution < 1.29 is 29.4 Å². The van der Waals surface area contributed by atoms with Gasteiger partial charge in [-0.05, 0) is 55.8 Å². The first-order valence-corrected chi connectivity index (χ1v) is 12.7. The average molecular weight is 526 g/mol. The van der Waals surface area contributed by atoms with Crippen LogP contribution < -0.4 is 27.4 Å². The molecule has 0 aliphatic carbocycles. The lowest BCUT2D eigenvalue weighted by molar-refractivity contribution is -0.142. The summed E-state index contributed by atoms with van der Waals surface area (Å²) in [6, 6.07) is 2.11. The van der Waals surface area contributed by atoms with Crippen LogP contribution >= 0.6 is 12.6 Å². The van der Waals surface area contributed by atoms with E-state index in [2.05, 4.69) is 28.6 Å². The molecule has 1 rings (SSSR count). The van der Waals surface area contributed by atoms with E-state index in [9.17, 15) is 29.4 Å². The molecule has 0 fully saturated rings. The van der Waals surface area contributed by atoms with E-state index in [4.69, 9.17) is 11.5 Å². The Balaban J connectivity index is 2.83. The van der Waals surface area contributed by atoms with Gasteiger partial charge in [-0.25, -0.2) is 4.79 Å². The molecule has 9 N–H and O–H groups in total. The van der Waals surface area contributed by atoms with E-state index in [-0.39, 0.29) is 30.3 Å². The summed E-state index contributed by atoms with van der Waals surface area (Å²) in [5.41, 5.74) is 12.2. The highest BCUT2D eigenvalue weighted by Gasteiger charge is 2.32. The van der Waals surface area contributed by atoms with E-state index in [0.717, 1.165) is 5.56 Å². The molecule has 0 saturated heterocycles. The first-order chi connectivity index (χ1) is 17.0. The number of carbonyl (C=O) groups is 4. The van der Waals surface area contributed by atoms with Crippen LogP contribution in [0.15, 0.2) is 24.3 Å². The Morgan fingerprint density at radius 2 is 1.58 bits per heavy atom. The summed E-state index contributed by atoms with van der Waals surface area (Å²) >= 11 is 4.15. The van der Waals surface area contributed by atoms with Crippen LogP contribution in [0.3, 0.4) is 0 Å². The lowest BCUT2D eigenvalue weighted by Gasteiger charge is -2.27. The fraction of sp³-hybridized carbons (Fsp3) is 0.583. The van der Waals surface area contributed by atoms with Crippen LogP contribution in [0.25, 0.3) is 0 Å². The number of carboxylic acid groups (broad SMARTS) is 1. The van der Waals surface area contributed by atoms with Crippen LogP contribution in [0.5, 0.6) is 5.75 Å². The zero-order chi connectivity index (χ0) is 27.3. The number of thiol groups is 1. The van der Waals surface area contributed by atoms with Gasteiger partial charge in [0.15, 0.2) is 0 Å². The quantitative estimate of drug-likeness (QED) is 0.108. The van der Waals surface area contributed by atoms with E-state index in [1.807, 2.05) is 6.92 Å². The lowest BCUT2D eigenvalue weighted by Crippen LogP contribution is -2.59. The molecule has 11 nitrogen and oxygen atoms in total. The average Bonchev–Trinajstić information content (AvgIpc) is 2.85. The number of hydrogen-bond donors (Lipinski definition) is 8. The number of carboxylic acids is 1. The van der Waals surface area contributed by atoms with E-state index in [1.54, 1.807) is 19.1 Å². The van der Waals surface area contributed by atoms with Crippen molar-refractivity contribution in [3.63, 3.8) is 0 Å². The summed E-state index contributed by atoms with van der Waals surface area (Å²) < 4.78 is 0. The third-order valence-corrected chi connectivity index (χ3v) is 6.26. The van der Waals surface area contributed by atoms with Crippen LogP contribution in [0.2, 0.25) is 0 Å². The second-order valence-electron chi connectivity index (χ2n) is 8.78. The van der Waals surface area contributed by atoms with Crippen LogP contribution in [0, 0.1) is 5.92 Å². The topological polar surface area (TPSA) is 197 Å². The normalized spacial score (nSPS) is 15.1. The number of aromatic hydroxyl groups is 1. The Morgan fingerprint density at radius 3 is 2.11 bits per heavy atom. The molecule has 5 unspecified atom stereocenters. The zero-order valence-electron chi connectivity index (χ0n) is 20.8. The second-order valence-corrected chi connectivity index (χ2v) is 9.14. The Bertz CT molecular complexity index is 869. The van der Waals surface area contributed by atoms with Gasteiger partial charge in [0.1, 0.15) is 23.9 Å². The lowest BCUT2D eigenvalue weighted by atomic mass is 9.97. The summed E-state index contributed by atoms with van der Waals surface area (Å²) in [4.78, 5) is 50.1. The minimum absolute atomic E-state index is 0.0464. The molecular formula is C24H39N5O6S. The third-order valence-electron chi connectivity index (χ3n) is 5.90. The Labute approximate surface area is 217 Å². The number of hydrogen-bond acceptors (Lipinski definition) is 8. The van der Waals surface area contributed by atoms with Crippen molar-refractivity contribution in [2.75, 3.05) is 12.3 Å². The van der Waals surface area contributed by atoms with Gasteiger partial charge in [-0.2, -0.15) is 12.6 Å². The van der Waals surface area contributed by atoms with Gasteiger partial charge < -0.3 is 37.6 Å². The Hall–Kier alpha value is -2.83. The molecule has 1 aromatic rings. The first-order valence-electron chi connectivity index (χ1n) is 12.0. The molecule has 36 heavy (non-hydrogen) atoms. The fourth-order valence-electron chi connectivity index (χ4n) is 3.42. The molecular weight excluding hydrogens is 486 g/mol. The number of phenols is 1. The van der Waals surface area contributed by atoms with Gasteiger partial charge in [0.2, 0.25) is 17.7 Å². The number of aliphatic carboxylic acids is 1. The number of phenolic OH excluding ortho intramolecular Hbond substituents is 1. The Kier molecular flexibility index (Phi) is 13.9. The van der Waals surface area contributed by atoms with Crippen molar-refractivity contribution in [2.45, 2.75) is 70.1 Å². The number of carbonyl (C=O) groups excluding carboxylic acids is 3. The van der Waals surface area contributed by atoms with Crippen molar-refractivity contribution in [1.82, 2.24) is 16.0 Å². The van der Waals surface area contributed by atoms with E-state index in [1.165, 1.54) is 12.1 Å². The molecule has 5 atom stereocenters. The molecule has 0 aliphatic heterocycles. The summed E-state index contributed by atoms with van der Waals surface area (Å²) in [5, 5.41) is 26.5. The zero-order valence-corrected chi connectivity index (χ0v) is 21.7. The van der Waals surface area contributed by atoms with E-state index >= 15 is 0 Å². The molecule has 0 heterocycles. The van der Waals surface area contributed by atoms with Crippen molar-refractivity contribution in [3.8, 4) is 5.75 Å². The monoisotopic (exact) mass is 525 g/mol. The van der Waals surface area contributed by atoms with Gasteiger partial charge in [-0.15, -0.1) is 0 Å². The molecule has 0 aliphatic rings. The maximum absolute atomic E-state index is 12.9. The Morgan fingerprint density at radius 1 is 0.972 bits per heavy atom. The van der Waals surface area contributed by atoms with Crippen LogP contribution in [-0.2, 0) is 25.6 Å². The maximum Gasteiger partial charge on any atom is 0.326 e. The number of amides is 3. The molecule has 1 aromatic carbocycles. The largest absolute Gasteiger partial charge is 0.508 e. The SMILES string of the molecule is CCC(C)C(NC(=O)C(CS)NC(=O)C(N)Cc1ccc(O)cc1)C(=O)NC(CCCCN)C(=O)O. The van der Waals surface area contributed by atoms with Crippen molar-refractivity contribution in [1.29, 1.82) is 0 Å². The predicted molar refractivity (Wildman–Crippen MR) is 139 cm³/mol. The smallest absolute Gasteiger partial charge is 0.326 e. The summed E-state index contributed by atoms with van der Waals surface area (Å²) in [7, 11) is 0. The van der Waals surface area contributed by atoms with Gasteiger partial charge in [0, 0.05) is 5.75 Å². The maximum atomic E-state index is 12.9. The van der Waals surface area contributed by atoms with E-state index in [0.29, 0.717) is 25.8 Å². The number of nitrogens with one attached hydrogen (secondary N) is 3. The van der Waals surface area contributed by atoms with Crippen LogP contribution in [0.1, 0.15) is 45.1 Å². The number of unbranched alkanes of at least 4 members (excludes halogenated alkanes) is 1. The van der Waals surface area contributed by atoms with Crippen molar-refractivity contribution in [3.05, 3.63) is 29.8 Å². The van der Waals surface area contributed by atoms with E-state index < -0.39 is 47.9 Å². The molecule has 12 heteroatoms.